The first kappa shape index (κ1) is 18.0. The second kappa shape index (κ2) is 7.04. The van der Waals surface area contributed by atoms with Crippen LogP contribution < -0.4 is 5.32 Å². The highest BCUT2D eigenvalue weighted by molar-refractivity contribution is 5.80. The number of aryl methyl sites for hydroxylation is 2. The lowest BCUT2D eigenvalue weighted by Crippen LogP contribution is -2.36. The Morgan fingerprint density at radius 1 is 1.25 bits per heavy atom. The minimum Gasteiger partial charge on any atom is -0.394 e. The Bertz CT molecular complexity index is 738. The molecular formula is C16H18F3N3O2. The third kappa shape index (κ3) is 3.59. The number of aliphatic hydroxyl groups excluding tert-OH is 1. The second-order valence-corrected chi connectivity index (χ2v) is 5.59. The van der Waals surface area contributed by atoms with Crippen LogP contribution in [0.2, 0.25) is 0 Å². The van der Waals surface area contributed by atoms with Crippen LogP contribution in [-0.2, 0) is 4.79 Å². The molecule has 0 saturated carbocycles. The zero-order chi connectivity index (χ0) is 18.0. The molecule has 0 radical (unpaired) electrons. The molecule has 0 saturated heterocycles. The van der Waals surface area contributed by atoms with E-state index in [4.69, 9.17) is 0 Å². The van der Waals surface area contributed by atoms with Crippen molar-refractivity contribution in [1.82, 2.24) is 15.1 Å². The molecule has 1 aromatic carbocycles. The standard InChI is InChI=1S/C16H18F3N3O2/c1-8-4-9(2)22(21-8)10(3)16(24)20-14(7-23)11-5-12(17)15(19)13(18)6-11/h4-6,10,14,23H,7H2,1-3H3,(H,20,24). The van der Waals surface area contributed by atoms with Gasteiger partial charge in [-0.3, -0.25) is 9.48 Å². The maximum absolute atomic E-state index is 13.3. The Hall–Kier alpha value is -2.35. The minimum absolute atomic E-state index is 0.0668. The second-order valence-electron chi connectivity index (χ2n) is 5.59. The van der Waals surface area contributed by atoms with Crippen molar-refractivity contribution >= 4 is 5.91 Å². The normalized spacial score (nSPS) is 13.6. The van der Waals surface area contributed by atoms with Crippen LogP contribution in [0.15, 0.2) is 18.2 Å². The lowest BCUT2D eigenvalue weighted by atomic mass is 10.1. The number of nitrogens with one attached hydrogen (secondary N) is 1. The number of halogens is 3. The monoisotopic (exact) mass is 341 g/mol. The zero-order valence-electron chi connectivity index (χ0n) is 13.5. The molecule has 2 N–H and O–H groups in total. The van der Waals surface area contributed by atoms with E-state index in [-0.39, 0.29) is 5.56 Å². The molecule has 0 aliphatic rings. The summed E-state index contributed by atoms with van der Waals surface area (Å²) >= 11 is 0. The number of nitrogens with zero attached hydrogens (tertiary/aromatic N) is 2. The van der Waals surface area contributed by atoms with Gasteiger partial charge in [-0.05, 0) is 44.5 Å². The number of hydrogen-bond donors (Lipinski definition) is 2. The molecule has 5 nitrogen and oxygen atoms in total. The van der Waals surface area contributed by atoms with Gasteiger partial charge in [-0.15, -0.1) is 0 Å². The van der Waals surface area contributed by atoms with Crippen molar-refractivity contribution in [1.29, 1.82) is 0 Å². The third-order valence-electron chi connectivity index (χ3n) is 3.70. The maximum Gasteiger partial charge on any atom is 0.245 e. The highest BCUT2D eigenvalue weighted by Gasteiger charge is 2.23. The van der Waals surface area contributed by atoms with Gasteiger partial charge >= 0.3 is 0 Å². The van der Waals surface area contributed by atoms with Crippen molar-refractivity contribution in [2.24, 2.45) is 0 Å². The SMILES string of the molecule is Cc1cc(C)n(C(C)C(=O)NC(CO)c2cc(F)c(F)c(F)c2)n1. The van der Waals surface area contributed by atoms with Crippen LogP contribution in [0.25, 0.3) is 0 Å². The van der Waals surface area contributed by atoms with Crippen molar-refractivity contribution in [3.63, 3.8) is 0 Å². The molecule has 2 unspecified atom stereocenters. The van der Waals surface area contributed by atoms with Crippen molar-refractivity contribution in [3.05, 3.63) is 52.6 Å². The molecule has 8 heteroatoms. The molecular weight excluding hydrogens is 323 g/mol. The topological polar surface area (TPSA) is 67.2 Å². The van der Waals surface area contributed by atoms with E-state index in [0.29, 0.717) is 0 Å². The van der Waals surface area contributed by atoms with E-state index in [2.05, 4.69) is 10.4 Å². The zero-order valence-corrected chi connectivity index (χ0v) is 13.5. The number of amides is 1. The molecule has 0 aliphatic heterocycles. The Balaban J connectivity index is 2.21. The molecule has 0 fully saturated rings. The van der Waals surface area contributed by atoms with Gasteiger partial charge in [0.15, 0.2) is 17.5 Å². The lowest BCUT2D eigenvalue weighted by Gasteiger charge is -2.21. The third-order valence-corrected chi connectivity index (χ3v) is 3.70. The van der Waals surface area contributed by atoms with E-state index >= 15 is 0 Å². The fraction of sp³-hybridized carbons (Fsp3) is 0.375. The number of rotatable bonds is 5. The quantitative estimate of drug-likeness (QED) is 0.820. The molecule has 2 rings (SSSR count). The number of aromatic nitrogens is 2. The van der Waals surface area contributed by atoms with Gasteiger partial charge in [-0.2, -0.15) is 5.10 Å². The molecule has 0 bridgehead atoms. The van der Waals surface area contributed by atoms with Crippen molar-refractivity contribution in [2.45, 2.75) is 32.9 Å². The highest BCUT2D eigenvalue weighted by atomic mass is 19.2. The average molecular weight is 341 g/mol. The molecule has 1 heterocycles. The Kier molecular flexibility index (Phi) is 5.28. The molecule has 1 aromatic heterocycles. The fourth-order valence-corrected chi connectivity index (χ4v) is 2.45. The van der Waals surface area contributed by atoms with Crippen LogP contribution in [0.4, 0.5) is 13.2 Å². The molecule has 24 heavy (non-hydrogen) atoms. The van der Waals surface area contributed by atoms with Crippen LogP contribution in [-0.4, -0.2) is 27.4 Å². The van der Waals surface area contributed by atoms with Crippen LogP contribution >= 0.6 is 0 Å². The fourth-order valence-electron chi connectivity index (χ4n) is 2.45. The van der Waals surface area contributed by atoms with Gasteiger partial charge in [0.05, 0.1) is 18.3 Å². The first-order valence-corrected chi connectivity index (χ1v) is 7.33. The number of carbonyl (C=O) groups is 1. The van der Waals surface area contributed by atoms with E-state index in [1.807, 2.05) is 0 Å². The van der Waals surface area contributed by atoms with Gasteiger partial charge in [0.2, 0.25) is 5.91 Å². The number of aliphatic hydroxyl groups is 1. The van der Waals surface area contributed by atoms with Gasteiger partial charge < -0.3 is 10.4 Å². The molecule has 1 amide bonds. The first-order valence-electron chi connectivity index (χ1n) is 7.33. The van der Waals surface area contributed by atoms with E-state index in [1.54, 1.807) is 26.8 Å². The summed E-state index contributed by atoms with van der Waals surface area (Å²) in [6.07, 6.45) is 0. The molecule has 0 spiro atoms. The van der Waals surface area contributed by atoms with Gasteiger partial charge in [0.25, 0.3) is 0 Å². The predicted molar refractivity (Wildman–Crippen MR) is 80.7 cm³/mol. The Labute approximate surface area is 137 Å². The van der Waals surface area contributed by atoms with Crippen LogP contribution in [0.1, 0.15) is 36.0 Å². The molecule has 0 aliphatic carbocycles. The predicted octanol–water partition coefficient (Wildman–Crippen LogP) is 2.33. The summed E-state index contributed by atoms with van der Waals surface area (Å²) < 4.78 is 41.2. The summed E-state index contributed by atoms with van der Waals surface area (Å²) in [4.78, 5) is 12.3. The van der Waals surface area contributed by atoms with E-state index in [9.17, 15) is 23.1 Å². The van der Waals surface area contributed by atoms with E-state index in [1.165, 1.54) is 4.68 Å². The highest BCUT2D eigenvalue weighted by Crippen LogP contribution is 2.20. The Morgan fingerprint density at radius 2 is 1.83 bits per heavy atom. The molecule has 2 aromatic rings. The summed E-state index contributed by atoms with van der Waals surface area (Å²) in [5, 5.41) is 16.1. The smallest absolute Gasteiger partial charge is 0.245 e. The lowest BCUT2D eigenvalue weighted by molar-refractivity contribution is -0.125. The van der Waals surface area contributed by atoms with Gasteiger partial charge in [-0.25, -0.2) is 13.2 Å². The van der Waals surface area contributed by atoms with Crippen LogP contribution in [0, 0.1) is 31.3 Å². The van der Waals surface area contributed by atoms with Crippen molar-refractivity contribution in [3.8, 4) is 0 Å². The molecule has 2 atom stereocenters. The molecule has 130 valence electrons. The van der Waals surface area contributed by atoms with Gasteiger partial charge in [0.1, 0.15) is 6.04 Å². The minimum atomic E-state index is -1.60. The summed E-state index contributed by atoms with van der Waals surface area (Å²) in [5.41, 5.74) is 1.45. The average Bonchev–Trinajstić information content (AvgIpc) is 2.87. The van der Waals surface area contributed by atoms with Crippen LogP contribution in [0.3, 0.4) is 0 Å². The van der Waals surface area contributed by atoms with Crippen molar-refractivity contribution in [2.75, 3.05) is 6.61 Å². The van der Waals surface area contributed by atoms with Crippen molar-refractivity contribution < 1.29 is 23.1 Å². The largest absolute Gasteiger partial charge is 0.394 e. The first-order chi connectivity index (χ1) is 11.2. The number of hydrogen-bond acceptors (Lipinski definition) is 3. The summed E-state index contributed by atoms with van der Waals surface area (Å²) in [5.74, 6) is -4.86. The van der Waals surface area contributed by atoms with Gasteiger partial charge in [-0.1, -0.05) is 0 Å². The Morgan fingerprint density at radius 3 is 2.29 bits per heavy atom. The van der Waals surface area contributed by atoms with Crippen LogP contribution in [0.5, 0.6) is 0 Å². The summed E-state index contributed by atoms with van der Waals surface area (Å²) in [7, 11) is 0. The van der Waals surface area contributed by atoms with E-state index in [0.717, 1.165) is 23.5 Å². The maximum atomic E-state index is 13.3. The van der Waals surface area contributed by atoms with E-state index < -0.39 is 42.0 Å². The van der Waals surface area contributed by atoms with Gasteiger partial charge in [0, 0.05) is 5.69 Å². The number of carbonyl (C=O) groups excluding carboxylic acids is 1. The summed E-state index contributed by atoms with van der Waals surface area (Å²) in [6, 6.07) is 1.53. The number of benzene rings is 1. The summed E-state index contributed by atoms with van der Waals surface area (Å²) in [6.45, 7) is 4.59.